The Balaban J connectivity index is 1.76. The fourth-order valence-corrected chi connectivity index (χ4v) is 2.96. The molecule has 2 atom stereocenters. The number of likely N-dealkylation sites (tertiary alicyclic amines) is 1. The molecule has 8 heteroatoms. The Hall–Kier alpha value is -2.64. The Labute approximate surface area is 165 Å². The molecule has 152 valence electrons. The zero-order chi connectivity index (χ0) is 20.3. The predicted molar refractivity (Wildman–Crippen MR) is 103 cm³/mol. The molecule has 0 aromatic carbocycles. The molecule has 8 nitrogen and oxygen atoms in total. The van der Waals surface area contributed by atoms with Crippen LogP contribution in [-0.2, 0) is 4.74 Å². The van der Waals surface area contributed by atoms with Crippen molar-refractivity contribution in [3.63, 3.8) is 0 Å². The third kappa shape index (κ3) is 4.79. The smallest absolute Gasteiger partial charge is 0.410 e. The van der Waals surface area contributed by atoms with Crippen LogP contribution in [0.1, 0.15) is 65.7 Å². The van der Waals surface area contributed by atoms with E-state index in [4.69, 9.17) is 14.0 Å². The number of aromatic nitrogens is 3. The second kappa shape index (κ2) is 8.16. The van der Waals surface area contributed by atoms with Crippen molar-refractivity contribution < 1.29 is 18.8 Å². The molecular weight excluding hydrogens is 360 g/mol. The average molecular weight is 388 g/mol. The maximum absolute atomic E-state index is 12.5. The lowest BCUT2D eigenvalue weighted by atomic mass is 10.2. The van der Waals surface area contributed by atoms with Crippen LogP contribution in [0.15, 0.2) is 22.9 Å². The molecule has 1 aliphatic rings. The van der Waals surface area contributed by atoms with Crippen molar-refractivity contribution in [3.05, 3.63) is 24.2 Å². The van der Waals surface area contributed by atoms with Crippen molar-refractivity contribution in [2.45, 2.75) is 71.6 Å². The summed E-state index contributed by atoms with van der Waals surface area (Å²) in [6.45, 7) is 10.2. The number of nitrogens with zero attached hydrogens (tertiary/aromatic N) is 4. The summed E-state index contributed by atoms with van der Waals surface area (Å²) in [6, 6.07) is 3.33. The van der Waals surface area contributed by atoms with E-state index < -0.39 is 5.60 Å². The highest BCUT2D eigenvalue weighted by Gasteiger charge is 2.36. The van der Waals surface area contributed by atoms with Crippen LogP contribution in [0.5, 0.6) is 5.88 Å². The van der Waals surface area contributed by atoms with Gasteiger partial charge in [-0.2, -0.15) is 4.98 Å². The van der Waals surface area contributed by atoms with Gasteiger partial charge in [-0.3, -0.25) is 4.90 Å². The Kier molecular flexibility index (Phi) is 5.86. The largest absolute Gasteiger partial charge is 0.475 e. The van der Waals surface area contributed by atoms with Gasteiger partial charge < -0.3 is 14.0 Å². The van der Waals surface area contributed by atoms with Crippen LogP contribution in [0.25, 0.3) is 11.5 Å². The number of ether oxygens (including phenoxy) is 2. The van der Waals surface area contributed by atoms with Crippen molar-refractivity contribution in [2.75, 3.05) is 6.54 Å². The molecule has 0 aliphatic carbocycles. The standard InChI is InChI=1S/C20H28N4O4/c1-6-13(2)26-16-12-14(9-10-21-16)18-22-17(23-28-18)15-8-7-11-24(15)19(25)27-20(3,4)5/h9-10,12-13,15H,6-8,11H2,1-5H3/t13-,15-/m1/s1. The number of carbonyl (C=O) groups is 1. The molecule has 2 aromatic rings. The normalized spacial score (nSPS) is 18.2. The Morgan fingerprint density at radius 2 is 2.21 bits per heavy atom. The van der Waals surface area contributed by atoms with Crippen molar-refractivity contribution in [3.8, 4) is 17.3 Å². The van der Waals surface area contributed by atoms with E-state index in [0.29, 0.717) is 24.1 Å². The van der Waals surface area contributed by atoms with Gasteiger partial charge in [0, 0.05) is 24.4 Å². The predicted octanol–water partition coefficient (Wildman–Crippen LogP) is 4.38. The fraction of sp³-hybridized carbons (Fsp3) is 0.600. The second-order valence-corrected chi connectivity index (χ2v) is 8.01. The number of amides is 1. The number of rotatable bonds is 5. The van der Waals surface area contributed by atoms with E-state index in [1.807, 2.05) is 27.7 Å². The highest BCUT2D eigenvalue weighted by Crippen LogP contribution is 2.33. The fourth-order valence-electron chi connectivity index (χ4n) is 2.96. The first-order valence-electron chi connectivity index (χ1n) is 9.73. The lowest BCUT2D eigenvalue weighted by molar-refractivity contribution is 0.0217. The first-order chi connectivity index (χ1) is 13.3. The van der Waals surface area contributed by atoms with Gasteiger partial charge in [0.2, 0.25) is 5.88 Å². The second-order valence-electron chi connectivity index (χ2n) is 8.01. The molecule has 0 bridgehead atoms. The van der Waals surface area contributed by atoms with Crippen LogP contribution in [0.3, 0.4) is 0 Å². The molecule has 1 fully saturated rings. The number of carbonyl (C=O) groups excluding carboxylic acids is 1. The summed E-state index contributed by atoms with van der Waals surface area (Å²) in [6.07, 6.45) is 3.90. The van der Waals surface area contributed by atoms with E-state index in [2.05, 4.69) is 22.0 Å². The molecule has 1 aliphatic heterocycles. The van der Waals surface area contributed by atoms with Crippen molar-refractivity contribution >= 4 is 6.09 Å². The third-order valence-corrected chi connectivity index (χ3v) is 4.50. The van der Waals surface area contributed by atoms with Gasteiger partial charge in [0.05, 0.1) is 12.1 Å². The zero-order valence-electron chi connectivity index (χ0n) is 17.1. The van der Waals surface area contributed by atoms with Crippen molar-refractivity contribution in [1.82, 2.24) is 20.0 Å². The third-order valence-electron chi connectivity index (χ3n) is 4.50. The van der Waals surface area contributed by atoms with Gasteiger partial charge in [0.15, 0.2) is 5.82 Å². The molecule has 0 unspecified atom stereocenters. The van der Waals surface area contributed by atoms with Gasteiger partial charge in [-0.25, -0.2) is 9.78 Å². The SMILES string of the molecule is CC[C@@H](C)Oc1cc(-c2nc([C@H]3CCCN3C(=O)OC(C)(C)C)no2)ccn1. The summed E-state index contributed by atoms with van der Waals surface area (Å²) in [5.74, 6) is 1.38. The number of pyridine rings is 1. The zero-order valence-corrected chi connectivity index (χ0v) is 17.1. The lowest BCUT2D eigenvalue weighted by Crippen LogP contribution is -2.36. The molecule has 0 radical (unpaired) electrons. The summed E-state index contributed by atoms with van der Waals surface area (Å²) in [5.41, 5.74) is 0.185. The molecular formula is C20H28N4O4. The molecule has 2 aromatic heterocycles. The first kappa shape index (κ1) is 20.1. The summed E-state index contributed by atoms with van der Waals surface area (Å²) < 4.78 is 16.7. The van der Waals surface area contributed by atoms with Crippen LogP contribution in [0, 0.1) is 0 Å². The van der Waals surface area contributed by atoms with E-state index in [-0.39, 0.29) is 18.2 Å². The minimum Gasteiger partial charge on any atom is -0.475 e. The van der Waals surface area contributed by atoms with Gasteiger partial charge in [-0.15, -0.1) is 0 Å². The summed E-state index contributed by atoms with van der Waals surface area (Å²) in [5, 5.41) is 4.11. The Morgan fingerprint density at radius 3 is 2.93 bits per heavy atom. The van der Waals surface area contributed by atoms with Gasteiger partial charge in [-0.05, 0) is 53.0 Å². The van der Waals surface area contributed by atoms with E-state index in [0.717, 1.165) is 24.8 Å². The average Bonchev–Trinajstić information content (AvgIpc) is 3.29. The van der Waals surface area contributed by atoms with Crippen LogP contribution < -0.4 is 4.74 Å². The monoisotopic (exact) mass is 388 g/mol. The molecule has 1 amide bonds. The number of hydrogen-bond acceptors (Lipinski definition) is 7. The summed E-state index contributed by atoms with van der Waals surface area (Å²) in [7, 11) is 0. The van der Waals surface area contributed by atoms with Crippen molar-refractivity contribution in [1.29, 1.82) is 0 Å². The van der Waals surface area contributed by atoms with Crippen LogP contribution in [-0.4, -0.2) is 44.4 Å². The molecule has 1 saturated heterocycles. The van der Waals surface area contributed by atoms with E-state index >= 15 is 0 Å². The highest BCUT2D eigenvalue weighted by molar-refractivity contribution is 5.69. The topological polar surface area (TPSA) is 90.6 Å². The molecule has 28 heavy (non-hydrogen) atoms. The summed E-state index contributed by atoms with van der Waals surface area (Å²) in [4.78, 5) is 22.9. The van der Waals surface area contributed by atoms with Crippen LogP contribution >= 0.6 is 0 Å². The molecule has 0 saturated carbocycles. The van der Waals surface area contributed by atoms with E-state index in [9.17, 15) is 4.79 Å². The van der Waals surface area contributed by atoms with Crippen LogP contribution in [0.4, 0.5) is 4.79 Å². The first-order valence-corrected chi connectivity index (χ1v) is 9.73. The minimum absolute atomic E-state index is 0.0712. The Morgan fingerprint density at radius 1 is 1.43 bits per heavy atom. The summed E-state index contributed by atoms with van der Waals surface area (Å²) >= 11 is 0. The number of hydrogen-bond donors (Lipinski definition) is 0. The minimum atomic E-state index is -0.546. The lowest BCUT2D eigenvalue weighted by Gasteiger charge is -2.27. The molecule has 3 rings (SSSR count). The van der Waals surface area contributed by atoms with Gasteiger partial charge >= 0.3 is 6.09 Å². The Bertz CT molecular complexity index is 815. The quantitative estimate of drug-likeness (QED) is 0.750. The van der Waals surface area contributed by atoms with Crippen molar-refractivity contribution in [2.24, 2.45) is 0 Å². The van der Waals surface area contributed by atoms with Crippen LogP contribution in [0.2, 0.25) is 0 Å². The maximum Gasteiger partial charge on any atom is 0.410 e. The van der Waals surface area contributed by atoms with Gasteiger partial charge in [0.1, 0.15) is 5.60 Å². The molecule has 0 spiro atoms. The van der Waals surface area contributed by atoms with Gasteiger partial charge in [-0.1, -0.05) is 12.1 Å². The van der Waals surface area contributed by atoms with E-state index in [1.165, 1.54) is 0 Å². The van der Waals surface area contributed by atoms with Gasteiger partial charge in [0.25, 0.3) is 5.89 Å². The highest BCUT2D eigenvalue weighted by atomic mass is 16.6. The molecule has 3 heterocycles. The maximum atomic E-state index is 12.5. The van der Waals surface area contributed by atoms with E-state index in [1.54, 1.807) is 23.2 Å². The molecule has 0 N–H and O–H groups in total.